The molecule has 0 aliphatic rings. The molecule has 1 rings (SSSR count). The van der Waals surface area contributed by atoms with E-state index in [9.17, 15) is 22.8 Å². The normalized spacial score (nSPS) is 14.3. The molecule has 6 heteroatoms. The van der Waals surface area contributed by atoms with Gasteiger partial charge >= 0.3 is 6.18 Å². The van der Waals surface area contributed by atoms with Crippen molar-refractivity contribution in [3.05, 3.63) is 35.9 Å². The lowest BCUT2D eigenvalue weighted by Crippen LogP contribution is -2.52. The van der Waals surface area contributed by atoms with E-state index in [1.807, 2.05) is 6.92 Å². The highest BCUT2D eigenvalue weighted by Gasteiger charge is 2.50. The van der Waals surface area contributed by atoms with Gasteiger partial charge in [0.05, 0.1) is 0 Å². The zero-order valence-corrected chi connectivity index (χ0v) is 14.2. The molecule has 0 radical (unpaired) electrons. The average molecular weight is 343 g/mol. The number of benzene rings is 1. The molecule has 0 aliphatic heterocycles. The van der Waals surface area contributed by atoms with Crippen molar-refractivity contribution in [2.75, 3.05) is 0 Å². The van der Waals surface area contributed by atoms with E-state index in [-0.39, 0.29) is 12.0 Å². The van der Waals surface area contributed by atoms with E-state index in [2.05, 4.69) is 5.32 Å². The summed E-state index contributed by atoms with van der Waals surface area (Å²) >= 11 is 0. The topological polar surface area (TPSA) is 46.2 Å². The van der Waals surface area contributed by atoms with Crippen LogP contribution in [0.3, 0.4) is 0 Å². The molecule has 2 atom stereocenters. The Morgan fingerprint density at radius 1 is 1.12 bits per heavy atom. The maximum absolute atomic E-state index is 13.5. The molecule has 0 saturated carbocycles. The van der Waals surface area contributed by atoms with Gasteiger partial charge in [0, 0.05) is 18.0 Å². The predicted octanol–water partition coefficient (Wildman–Crippen LogP) is 4.38. The zero-order valence-electron chi connectivity index (χ0n) is 14.2. The fourth-order valence-electron chi connectivity index (χ4n) is 2.55. The van der Waals surface area contributed by atoms with Crippen LogP contribution in [0.2, 0.25) is 0 Å². The molecular weight excluding hydrogens is 319 g/mol. The number of alkyl halides is 3. The molecule has 0 fully saturated rings. The summed E-state index contributed by atoms with van der Waals surface area (Å²) < 4.78 is 40.5. The molecule has 1 amide bonds. The van der Waals surface area contributed by atoms with E-state index in [0.717, 1.165) is 0 Å². The first-order chi connectivity index (χ1) is 11.2. The van der Waals surface area contributed by atoms with Crippen LogP contribution < -0.4 is 5.32 Å². The summed E-state index contributed by atoms with van der Waals surface area (Å²) in [7, 11) is 0. The number of nitrogens with one attached hydrogen (secondary N) is 1. The fraction of sp³-hybridized carbons (Fsp3) is 0.556. The molecule has 3 nitrogen and oxygen atoms in total. The van der Waals surface area contributed by atoms with Gasteiger partial charge < -0.3 is 5.32 Å². The van der Waals surface area contributed by atoms with E-state index in [1.54, 1.807) is 32.0 Å². The largest absolute Gasteiger partial charge is 0.400 e. The van der Waals surface area contributed by atoms with E-state index in [1.165, 1.54) is 12.1 Å². The Morgan fingerprint density at radius 3 is 2.17 bits per heavy atom. The lowest BCUT2D eigenvalue weighted by molar-refractivity contribution is -0.189. The third-order valence-electron chi connectivity index (χ3n) is 3.89. The standard InChI is InChI=1S/C18H24F3NO2/c1-4-5-11-14(23)15(18(19,20)21)16(12(2)3)22-17(24)13-9-7-6-8-10-13/h6-10,12,15-16H,4-5,11H2,1-3H3,(H,22,24)/t15-,16+/m0/s1. The first kappa shape index (κ1) is 20.2. The highest BCUT2D eigenvalue weighted by atomic mass is 19.4. The van der Waals surface area contributed by atoms with Crippen LogP contribution >= 0.6 is 0 Å². The Bertz CT molecular complexity index is 541. The lowest BCUT2D eigenvalue weighted by atomic mass is 9.84. The Hall–Kier alpha value is -1.85. The van der Waals surface area contributed by atoms with Crippen molar-refractivity contribution >= 4 is 11.7 Å². The van der Waals surface area contributed by atoms with Gasteiger partial charge in [0.1, 0.15) is 11.7 Å². The number of amides is 1. The molecule has 0 bridgehead atoms. The van der Waals surface area contributed by atoms with Crippen molar-refractivity contribution in [2.24, 2.45) is 11.8 Å². The van der Waals surface area contributed by atoms with E-state index in [4.69, 9.17) is 0 Å². The second-order valence-corrected chi connectivity index (χ2v) is 6.20. The minimum Gasteiger partial charge on any atom is -0.348 e. The molecule has 1 aromatic rings. The number of rotatable bonds is 8. The maximum atomic E-state index is 13.5. The van der Waals surface area contributed by atoms with E-state index in [0.29, 0.717) is 12.8 Å². The van der Waals surface area contributed by atoms with Gasteiger partial charge in [-0.3, -0.25) is 9.59 Å². The quantitative estimate of drug-likeness (QED) is 0.761. The number of halogens is 3. The SMILES string of the molecule is CCCCC(=O)[C@@H]([C@H](NC(=O)c1ccccc1)C(C)C)C(F)(F)F. The fourth-order valence-corrected chi connectivity index (χ4v) is 2.55. The lowest BCUT2D eigenvalue weighted by Gasteiger charge is -2.31. The molecule has 0 aliphatic carbocycles. The first-order valence-electron chi connectivity index (χ1n) is 8.13. The van der Waals surface area contributed by atoms with Crippen LogP contribution in [0.1, 0.15) is 50.4 Å². The van der Waals surface area contributed by atoms with Crippen molar-refractivity contribution in [3.8, 4) is 0 Å². The first-order valence-corrected chi connectivity index (χ1v) is 8.13. The van der Waals surface area contributed by atoms with Crippen LogP contribution in [0.25, 0.3) is 0 Å². The molecule has 24 heavy (non-hydrogen) atoms. The number of unbranched alkanes of at least 4 members (excludes halogenated alkanes) is 1. The van der Waals surface area contributed by atoms with Crippen LogP contribution in [0.4, 0.5) is 13.2 Å². The van der Waals surface area contributed by atoms with Gasteiger partial charge in [0.25, 0.3) is 5.91 Å². The predicted molar refractivity (Wildman–Crippen MR) is 86.6 cm³/mol. The number of hydrogen-bond acceptors (Lipinski definition) is 2. The smallest absolute Gasteiger partial charge is 0.348 e. The van der Waals surface area contributed by atoms with Crippen molar-refractivity contribution < 1.29 is 22.8 Å². The molecule has 0 heterocycles. The third kappa shape index (κ3) is 5.65. The molecule has 0 unspecified atom stereocenters. The minimum atomic E-state index is -4.69. The number of hydrogen-bond donors (Lipinski definition) is 1. The second kappa shape index (κ2) is 8.85. The van der Waals surface area contributed by atoms with Crippen LogP contribution in [0, 0.1) is 11.8 Å². The highest BCUT2D eigenvalue weighted by molar-refractivity contribution is 5.95. The minimum absolute atomic E-state index is 0.134. The summed E-state index contributed by atoms with van der Waals surface area (Å²) in [6, 6.07) is 6.73. The molecule has 0 spiro atoms. The second-order valence-electron chi connectivity index (χ2n) is 6.20. The van der Waals surface area contributed by atoms with Gasteiger partial charge in [0.2, 0.25) is 0 Å². The van der Waals surface area contributed by atoms with Crippen LogP contribution in [0.15, 0.2) is 30.3 Å². The van der Waals surface area contributed by atoms with Crippen molar-refractivity contribution in [3.63, 3.8) is 0 Å². The van der Waals surface area contributed by atoms with Crippen molar-refractivity contribution in [1.29, 1.82) is 0 Å². The van der Waals surface area contributed by atoms with E-state index < -0.39 is 35.7 Å². The molecular formula is C18H24F3NO2. The van der Waals surface area contributed by atoms with Gasteiger partial charge in [-0.2, -0.15) is 13.2 Å². The Balaban J connectivity index is 3.04. The van der Waals surface area contributed by atoms with Crippen LogP contribution in [0.5, 0.6) is 0 Å². The summed E-state index contributed by atoms with van der Waals surface area (Å²) in [6.45, 7) is 4.95. The van der Waals surface area contributed by atoms with Gasteiger partial charge in [0.15, 0.2) is 0 Å². The van der Waals surface area contributed by atoms with Gasteiger partial charge in [-0.15, -0.1) is 0 Å². The van der Waals surface area contributed by atoms with Gasteiger partial charge in [-0.1, -0.05) is 45.4 Å². The maximum Gasteiger partial charge on any atom is 0.400 e. The summed E-state index contributed by atoms with van der Waals surface area (Å²) in [5.41, 5.74) is 0.269. The molecule has 1 aromatic carbocycles. The van der Waals surface area contributed by atoms with Gasteiger partial charge in [-0.25, -0.2) is 0 Å². The molecule has 1 N–H and O–H groups in total. The monoisotopic (exact) mass is 343 g/mol. The Kier molecular flexibility index (Phi) is 7.45. The number of ketones is 1. The third-order valence-corrected chi connectivity index (χ3v) is 3.89. The Labute approximate surface area is 140 Å². The Morgan fingerprint density at radius 2 is 1.71 bits per heavy atom. The summed E-state index contributed by atoms with van der Waals surface area (Å²) in [6.07, 6.45) is -3.78. The molecule has 0 aromatic heterocycles. The average Bonchev–Trinajstić information content (AvgIpc) is 2.51. The van der Waals surface area contributed by atoms with Crippen molar-refractivity contribution in [2.45, 2.75) is 52.3 Å². The van der Waals surface area contributed by atoms with Gasteiger partial charge in [-0.05, 0) is 24.5 Å². The van der Waals surface area contributed by atoms with Crippen LogP contribution in [-0.4, -0.2) is 23.9 Å². The molecule has 0 saturated heterocycles. The summed E-state index contributed by atoms with van der Waals surface area (Å²) in [4.78, 5) is 24.4. The summed E-state index contributed by atoms with van der Waals surface area (Å²) in [5.74, 6) is -4.19. The van der Waals surface area contributed by atoms with Crippen LogP contribution in [-0.2, 0) is 4.79 Å². The van der Waals surface area contributed by atoms with E-state index >= 15 is 0 Å². The number of carbonyl (C=O) groups excluding carboxylic acids is 2. The zero-order chi connectivity index (χ0) is 18.3. The summed E-state index contributed by atoms with van der Waals surface area (Å²) in [5, 5.41) is 2.42. The highest BCUT2D eigenvalue weighted by Crippen LogP contribution is 2.34. The van der Waals surface area contributed by atoms with Crippen molar-refractivity contribution in [1.82, 2.24) is 5.32 Å². The molecule has 134 valence electrons. The number of Topliss-reactive ketones (excluding diaryl/α,β-unsaturated/α-hetero) is 1. The number of carbonyl (C=O) groups is 2.